The minimum Gasteiger partial charge on any atom is -0.496 e. The summed E-state index contributed by atoms with van der Waals surface area (Å²) in [6.45, 7) is 27.1. The zero-order valence-electron chi connectivity index (χ0n) is 50.1. The van der Waals surface area contributed by atoms with Crippen LogP contribution in [0.4, 0.5) is 4.39 Å². The maximum atomic E-state index is 18.0. The fourth-order valence-electron chi connectivity index (χ4n) is 13.8. The van der Waals surface area contributed by atoms with Gasteiger partial charge in [0.05, 0.1) is 39.5 Å². The zero-order valence-corrected chi connectivity index (χ0v) is 52.3. The standard InChI is InChI=1S/C76H75FN4O.Pt/c1-47(2)61-38-55(51-24-15-13-16-25-51)39-62(48(3)4)70(61)80-67-33-22-21-32-65(67)78-72(80)54-29-23-30-59(37-54)82-69-42-57(36-53-28-19-20-31-60(53)69)73-79-66-43-58(76(77)45-74(9,10)44-75(11,12)46-76)34-35-68(66)81(73)71-63(49(5)6)40-56(41-64(71)50(7)8)52-26-17-14-18-27-52;/h13-36,38-41,43,47-50H,44-46H2,1-12H3;/q-2;+2. The number of rotatable bonds is 13. The summed E-state index contributed by atoms with van der Waals surface area (Å²) >= 11 is 0. The molecule has 0 atom stereocenters. The molecule has 12 rings (SSSR count). The molecule has 0 bridgehead atoms. The Balaban J connectivity index is 0.00000721. The van der Waals surface area contributed by atoms with Crippen molar-refractivity contribution in [2.45, 2.75) is 132 Å². The molecule has 0 spiro atoms. The van der Waals surface area contributed by atoms with Gasteiger partial charge in [0.2, 0.25) is 0 Å². The molecule has 1 aliphatic carbocycles. The molecule has 1 fully saturated rings. The molecule has 2 heterocycles. The monoisotopic (exact) mass is 1270 g/mol. The first-order chi connectivity index (χ1) is 39.2. The Bertz CT molecular complexity index is 4130. The van der Waals surface area contributed by atoms with Gasteiger partial charge in [-0.3, -0.25) is 9.97 Å². The van der Waals surface area contributed by atoms with Crippen molar-refractivity contribution >= 4 is 32.8 Å². The summed E-state index contributed by atoms with van der Waals surface area (Å²) in [4.78, 5) is 11.0. The maximum absolute atomic E-state index is 18.0. The van der Waals surface area contributed by atoms with Gasteiger partial charge < -0.3 is 13.9 Å². The predicted octanol–water partition coefficient (Wildman–Crippen LogP) is 21.5. The van der Waals surface area contributed by atoms with Crippen molar-refractivity contribution in [3.8, 4) is 67.9 Å². The summed E-state index contributed by atoms with van der Waals surface area (Å²) in [5, 5.41) is 1.88. The Kier molecular flexibility index (Phi) is 15.4. The minimum atomic E-state index is -1.52. The second-order valence-electron chi connectivity index (χ2n) is 26.0. The first-order valence-electron chi connectivity index (χ1n) is 29.6. The van der Waals surface area contributed by atoms with E-state index in [9.17, 15) is 0 Å². The third kappa shape index (κ3) is 10.9. The number of aromatic nitrogens is 4. The van der Waals surface area contributed by atoms with Crippen molar-refractivity contribution in [3.63, 3.8) is 0 Å². The summed E-state index contributed by atoms with van der Waals surface area (Å²) in [6.07, 6.45) is 1.87. The number of alkyl halides is 1. The molecule has 9 aromatic carbocycles. The van der Waals surface area contributed by atoms with Crippen molar-refractivity contribution in [3.05, 3.63) is 216 Å². The normalized spacial score (nSPS) is 14.8. The van der Waals surface area contributed by atoms with Crippen molar-refractivity contribution in [1.82, 2.24) is 19.1 Å². The van der Waals surface area contributed by atoms with E-state index in [2.05, 4.69) is 250 Å². The van der Waals surface area contributed by atoms with Gasteiger partial charge in [-0.15, -0.1) is 35.4 Å². The van der Waals surface area contributed by atoms with E-state index in [1.807, 2.05) is 30.3 Å². The van der Waals surface area contributed by atoms with E-state index in [1.54, 1.807) is 0 Å². The number of hydrogen-bond acceptors (Lipinski definition) is 3. The van der Waals surface area contributed by atoms with Crippen LogP contribution in [-0.2, 0) is 26.7 Å². The second kappa shape index (κ2) is 22.3. The van der Waals surface area contributed by atoms with E-state index < -0.39 is 5.67 Å². The number of nitrogens with zero attached hydrogens (tertiary/aromatic N) is 4. The molecule has 7 heteroatoms. The van der Waals surface area contributed by atoms with E-state index in [4.69, 9.17) is 14.7 Å². The summed E-state index contributed by atoms with van der Waals surface area (Å²) in [6, 6.07) is 69.5. The largest absolute Gasteiger partial charge is 2.00 e. The van der Waals surface area contributed by atoms with Gasteiger partial charge in [-0.05, 0) is 152 Å². The molecule has 2 aromatic heterocycles. The maximum Gasteiger partial charge on any atom is 2.00 e. The van der Waals surface area contributed by atoms with Gasteiger partial charge >= 0.3 is 21.1 Å². The van der Waals surface area contributed by atoms with Gasteiger partial charge in [0.25, 0.3) is 0 Å². The number of para-hydroxylation sites is 2. The van der Waals surface area contributed by atoms with Crippen LogP contribution >= 0.6 is 0 Å². The van der Waals surface area contributed by atoms with Gasteiger partial charge in [-0.25, -0.2) is 4.39 Å². The van der Waals surface area contributed by atoms with Crippen LogP contribution in [-0.4, -0.2) is 19.1 Å². The molecule has 0 amide bonds. The zero-order chi connectivity index (χ0) is 57.4. The van der Waals surface area contributed by atoms with Crippen LogP contribution in [0, 0.1) is 23.0 Å². The first-order valence-corrected chi connectivity index (χ1v) is 29.6. The molecule has 0 saturated heterocycles. The van der Waals surface area contributed by atoms with E-state index in [-0.39, 0.29) is 55.6 Å². The minimum absolute atomic E-state index is 0. The van der Waals surface area contributed by atoms with Crippen LogP contribution in [0.2, 0.25) is 0 Å². The number of benzene rings is 9. The van der Waals surface area contributed by atoms with Gasteiger partial charge in [0, 0.05) is 17.1 Å². The Labute approximate surface area is 505 Å². The van der Waals surface area contributed by atoms with E-state index in [0.29, 0.717) is 35.7 Å². The Morgan fingerprint density at radius 2 is 0.940 bits per heavy atom. The molecule has 83 heavy (non-hydrogen) atoms. The number of halogens is 1. The fourth-order valence-corrected chi connectivity index (χ4v) is 13.8. The quantitative estimate of drug-likeness (QED) is 0.108. The number of hydrogen-bond donors (Lipinski definition) is 0. The van der Waals surface area contributed by atoms with Crippen LogP contribution in [0.3, 0.4) is 0 Å². The summed E-state index contributed by atoms with van der Waals surface area (Å²) in [7, 11) is 0. The van der Waals surface area contributed by atoms with E-state index in [1.165, 1.54) is 44.5 Å². The molecule has 422 valence electrons. The van der Waals surface area contributed by atoms with Crippen LogP contribution in [0.15, 0.2) is 176 Å². The summed E-state index contributed by atoms with van der Waals surface area (Å²) in [5.74, 6) is 3.32. The molecule has 0 radical (unpaired) electrons. The Hall–Kier alpha value is -7.40. The molecule has 1 saturated carbocycles. The van der Waals surface area contributed by atoms with Crippen LogP contribution in [0.25, 0.3) is 89.2 Å². The van der Waals surface area contributed by atoms with Gasteiger partial charge in [0.1, 0.15) is 5.67 Å². The Morgan fingerprint density at radius 3 is 1.49 bits per heavy atom. The SMILES string of the molecule is CC(C)c1cc(-c2ccccc2)cc(C(C)C)c1-n1c(-c2[c-]c(Oc3[c-]c(-c4nc5cc(C6(F)CC(C)(C)CC(C)(C)C6)ccc5n4-c4c(C(C)C)cc(-c5ccccc5)cc4C(C)C)cc4ccccc34)ccc2)nc2ccccc21.[Pt+2]. The third-order valence-corrected chi connectivity index (χ3v) is 16.9. The van der Waals surface area contributed by atoms with Crippen LogP contribution in [0.5, 0.6) is 11.5 Å². The molecule has 11 aromatic rings. The summed E-state index contributed by atoms with van der Waals surface area (Å²) in [5.41, 5.74) is 15.9. The average molecular weight is 1270 g/mol. The number of fused-ring (bicyclic) bond motifs is 3. The fraction of sp³-hybridized carbons (Fsp3) is 0.289. The molecular formula is C76H75FN4OPt. The molecule has 0 unspecified atom stereocenters. The molecule has 1 aliphatic rings. The van der Waals surface area contributed by atoms with E-state index >= 15 is 4.39 Å². The van der Waals surface area contributed by atoms with Crippen molar-refractivity contribution in [2.24, 2.45) is 10.8 Å². The number of ether oxygens (including phenoxy) is 1. The Morgan fingerprint density at radius 1 is 0.458 bits per heavy atom. The van der Waals surface area contributed by atoms with Crippen molar-refractivity contribution in [1.29, 1.82) is 0 Å². The van der Waals surface area contributed by atoms with Crippen LogP contribution < -0.4 is 4.74 Å². The molecule has 0 N–H and O–H groups in total. The van der Waals surface area contributed by atoms with Gasteiger partial charge in [0.15, 0.2) is 0 Å². The number of imidazole rings is 2. The molecule has 5 nitrogen and oxygen atoms in total. The first kappa shape index (κ1) is 57.4. The van der Waals surface area contributed by atoms with E-state index in [0.717, 1.165) is 67.6 Å². The predicted molar refractivity (Wildman–Crippen MR) is 340 cm³/mol. The van der Waals surface area contributed by atoms with Crippen molar-refractivity contribution in [2.75, 3.05) is 0 Å². The average Bonchev–Trinajstić information content (AvgIpc) is 3.06. The van der Waals surface area contributed by atoms with Crippen molar-refractivity contribution < 1.29 is 30.2 Å². The summed E-state index contributed by atoms with van der Waals surface area (Å²) < 4.78 is 29.8. The topological polar surface area (TPSA) is 44.9 Å². The molecular weight excluding hydrogens is 1200 g/mol. The van der Waals surface area contributed by atoms with Crippen LogP contribution in [0.1, 0.15) is 154 Å². The molecule has 0 aliphatic heterocycles. The van der Waals surface area contributed by atoms with Gasteiger partial charge in [-0.1, -0.05) is 209 Å². The van der Waals surface area contributed by atoms with Gasteiger partial charge in [-0.2, -0.15) is 0 Å². The third-order valence-electron chi connectivity index (χ3n) is 16.9. The smallest absolute Gasteiger partial charge is 0.496 e. The second-order valence-corrected chi connectivity index (χ2v) is 26.0.